The minimum atomic E-state index is -0.646. The molecule has 1 aliphatic heterocycles. The molecule has 0 bridgehead atoms. The van der Waals surface area contributed by atoms with Crippen molar-refractivity contribution >= 4 is 17.2 Å². The summed E-state index contributed by atoms with van der Waals surface area (Å²) in [6, 6.07) is 20.5. The molecular formula is C35H50N4O2S. The second-order valence-electron chi connectivity index (χ2n) is 12.5. The molecule has 0 aliphatic carbocycles. The molecule has 2 N–H and O–H groups in total. The van der Waals surface area contributed by atoms with E-state index in [2.05, 4.69) is 90.7 Å². The number of aryl methyl sites for hydroxylation is 1. The Morgan fingerprint density at radius 3 is 2.14 bits per heavy atom. The monoisotopic (exact) mass is 590 g/mol. The highest BCUT2D eigenvalue weighted by Crippen LogP contribution is 2.23. The molecule has 3 aromatic rings. The van der Waals surface area contributed by atoms with Crippen LogP contribution >= 0.6 is 11.3 Å². The number of β-amino-alcohol motifs (C(OH)–C–C–N with tert-alkyl or cyclic N) is 1. The third-order valence-corrected chi connectivity index (χ3v) is 9.60. The fraction of sp³-hybridized carbons (Fsp3) is 0.543. The van der Waals surface area contributed by atoms with Gasteiger partial charge in [0.05, 0.1) is 22.8 Å². The second-order valence-corrected chi connectivity index (χ2v) is 13.4. The molecule has 4 rings (SSSR count). The van der Waals surface area contributed by atoms with Crippen LogP contribution in [-0.2, 0) is 24.2 Å². The zero-order valence-corrected chi connectivity index (χ0v) is 26.7. The number of aliphatic hydroxyl groups is 1. The van der Waals surface area contributed by atoms with Gasteiger partial charge in [0, 0.05) is 56.5 Å². The van der Waals surface area contributed by atoms with Crippen molar-refractivity contribution < 1.29 is 9.90 Å². The fourth-order valence-corrected chi connectivity index (χ4v) is 6.65. The zero-order valence-electron chi connectivity index (χ0n) is 25.9. The van der Waals surface area contributed by atoms with E-state index in [-0.39, 0.29) is 23.8 Å². The maximum absolute atomic E-state index is 13.7. The molecule has 1 aromatic heterocycles. The molecule has 1 saturated heterocycles. The van der Waals surface area contributed by atoms with Crippen LogP contribution in [-0.4, -0.2) is 70.7 Å². The largest absolute Gasteiger partial charge is 0.390 e. The van der Waals surface area contributed by atoms with Crippen LogP contribution in [0.25, 0.3) is 0 Å². The summed E-state index contributed by atoms with van der Waals surface area (Å²) in [6.45, 7) is 13.9. The van der Waals surface area contributed by atoms with E-state index in [9.17, 15) is 9.90 Å². The highest BCUT2D eigenvalue weighted by molar-refractivity contribution is 7.09. The summed E-state index contributed by atoms with van der Waals surface area (Å²) in [7, 11) is 0. The van der Waals surface area contributed by atoms with Crippen LogP contribution in [0.5, 0.6) is 0 Å². The molecule has 0 saturated carbocycles. The first kappa shape index (κ1) is 32.3. The van der Waals surface area contributed by atoms with E-state index in [0.717, 1.165) is 63.2 Å². The first-order chi connectivity index (χ1) is 20.3. The average Bonchev–Trinajstić information content (AvgIpc) is 3.46. The van der Waals surface area contributed by atoms with Gasteiger partial charge in [0.1, 0.15) is 0 Å². The van der Waals surface area contributed by atoms with Gasteiger partial charge in [-0.25, -0.2) is 4.98 Å². The number of carbonyl (C=O) groups excluding carboxylic acids is 1. The molecule has 0 spiro atoms. The number of thiazole rings is 1. The number of aromatic nitrogens is 1. The summed E-state index contributed by atoms with van der Waals surface area (Å²) < 4.78 is 0. The molecule has 0 unspecified atom stereocenters. The maximum Gasteiger partial charge on any atom is 0.223 e. The molecule has 2 heterocycles. The van der Waals surface area contributed by atoms with Crippen LogP contribution in [0.15, 0.2) is 66.0 Å². The number of aliphatic hydroxyl groups excluding tert-OH is 1. The van der Waals surface area contributed by atoms with E-state index in [1.54, 1.807) is 11.3 Å². The van der Waals surface area contributed by atoms with Gasteiger partial charge in [-0.3, -0.25) is 14.6 Å². The topological polar surface area (TPSA) is 68.7 Å². The Morgan fingerprint density at radius 1 is 0.929 bits per heavy atom. The van der Waals surface area contributed by atoms with Crippen molar-refractivity contribution in [2.75, 3.05) is 32.7 Å². The van der Waals surface area contributed by atoms with Crippen LogP contribution < -0.4 is 5.32 Å². The number of carbonyl (C=O) groups is 1. The molecule has 1 aliphatic rings. The van der Waals surface area contributed by atoms with Crippen molar-refractivity contribution in [3.63, 3.8) is 0 Å². The first-order valence-electron chi connectivity index (χ1n) is 15.7. The second kappa shape index (κ2) is 16.3. The van der Waals surface area contributed by atoms with Crippen molar-refractivity contribution in [2.24, 2.45) is 11.8 Å². The third-order valence-electron chi connectivity index (χ3n) is 8.40. The number of hydrogen-bond acceptors (Lipinski definition) is 6. The van der Waals surface area contributed by atoms with Crippen molar-refractivity contribution in [1.82, 2.24) is 20.1 Å². The molecule has 0 radical (unpaired) electrons. The van der Waals surface area contributed by atoms with Gasteiger partial charge in [-0.2, -0.15) is 0 Å². The van der Waals surface area contributed by atoms with E-state index < -0.39 is 6.10 Å². The lowest BCUT2D eigenvalue weighted by molar-refractivity contribution is -0.128. The number of benzene rings is 2. The molecule has 3 atom stereocenters. The van der Waals surface area contributed by atoms with Crippen LogP contribution in [0, 0.1) is 11.8 Å². The molecule has 42 heavy (non-hydrogen) atoms. The predicted octanol–water partition coefficient (Wildman–Crippen LogP) is 5.77. The Kier molecular flexibility index (Phi) is 12.6. The van der Waals surface area contributed by atoms with E-state index in [1.165, 1.54) is 10.6 Å². The molecule has 7 heteroatoms. The molecular weight excluding hydrogens is 540 g/mol. The maximum atomic E-state index is 13.7. The smallest absolute Gasteiger partial charge is 0.223 e. The number of nitrogens with zero attached hydrogens (tertiary/aromatic N) is 3. The van der Waals surface area contributed by atoms with E-state index in [1.807, 2.05) is 18.2 Å². The van der Waals surface area contributed by atoms with E-state index >= 15 is 0 Å². The van der Waals surface area contributed by atoms with Gasteiger partial charge in [-0.1, -0.05) is 88.4 Å². The average molecular weight is 591 g/mol. The molecule has 228 valence electrons. The number of hydrogen-bond donors (Lipinski definition) is 2. The van der Waals surface area contributed by atoms with E-state index in [0.29, 0.717) is 18.9 Å². The number of amides is 1. The predicted molar refractivity (Wildman–Crippen MR) is 174 cm³/mol. The number of piperazine rings is 1. The van der Waals surface area contributed by atoms with Crippen molar-refractivity contribution in [3.8, 4) is 0 Å². The Bertz CT molecular complexity index is 1190. The Labute approximate surface area is 257 Å². The number of nitrogens with one attached hydrogen (secondary N) is 1. The first-order valence-corrected chi connectivity index (χ1v) is 16.6. The lowest BCUT2D eigenvalue weighted by atomic mass is 9.88. The Balaban J connectivity index is 1.33. The Morgan fingerprint density at radius 2 is 1.55 bits per heavy atom. The molecule has 1 fully saturated rings. The fourth-order valence-electron chi connectivity index (χ4n) is 5.78. The van der Waals surface area contributed by atoms with E-state index in [4.69, 9.17) is 4.98 Å². The van der Waals surface area contributed by atoms with Crippen LogP contribution in [0.2, 0.25) is 0 Å². The van der Waals surface area contributed by atoms with Gasteiger partial charge in [0.15, 0.2) is 0 Å². The van der Waals surface area contributed by atoms with Crippen LogP contribution in [0.1, 0.15) is 68.3 Å². The molecule has 6 nitrogen and oxygen atoms in total. The summed E-state index contributed by atoms with van der Waals surface area (Å²) in [6.07, 6.45) is 2.61. The summed E-state index contributed by atoms with van der Waals surface area (Å²) in [5.74, 6) is 0.627. The normalized spacial score (nSPS) is 16.9. The summed E-state index contributed by atoms with van der Waals surface area (Å²) >= 11 is 1.73. The minimum absolute atomic E-state index is 0.0545. The quantitative estimate of drug-likeness (QED) is 0.235. The lowest BCUT2D eigenvalue weighted by Crippen LogP contribution is -2.54. The SMILES string of the molecule is CC(C)c1nc(CCC[C@@H](C(=O)N[C@@H](Cc2ccccc2)[C@H](O)CN2CCN(Cc3ccccc3)CC2)C(C)C)cs1. The van der Waals surface area contributed by atoms with Crippen molar-refractivity contribution in [1.29, 1.82) is 0 Å². The summed E-state index contributed by atoms with van der Waals surface area (Å²) in [4.78, 5) is 23.3. The summed E-state index contributed by atoms with van der Waals surface area (Å²) in [5, 5.41) is 18.1. The zero-order chi connectivity index (χ0) is 29.9. The van der Waals surface area contributed by atoms with Gasteiger partial charge in [0.25, 0.3) is 0 Å². The lowest BCUT2D eigenvalue weighted by Gasteiger charge is -2.37. The van der Waals surface area contributed by atoms with Gasteiger partial charge in [-0.15, -0.1) is 11.3 Å². The Hall–Kier alpha value is -2.58. The molecule has 1 amide bonds. The van der Waals surface area contributed by atoms with Crippen LogP contribution in [0.3, 0.4) is 0 Å². The van der Waals surface area contributed by atoms with Crippen molar-refractivity contribution in [3.05, 3.63) is 87.9 Å². The minimum Gasteiger partial charge on any atom is -0.390 e. The standard InChI is InChI=1S/C35H50N4O2S/c1-26(2)31(17-11-16-30-25-42-35(36-30)27(3)4)34(41)37-32(22-28-12-7-5-8-13-28)33(40)24-39-20-18-38(19-21-39)23-29-14-9-6-10-15-29/h5-10,12-15,25-27,31-33,40H,11,16-24H2,1-4H3,(H,37,41)/t31-,32+,33-/m1/s1. The highest BCUT2D eigenvalue weighted by atomic mass is 32.1. The highest BCUT2D eigenvalue weighted by Gasteiger charge is 2.29. The third kappa shape index (κ3) is 10.0. The summed E-state index contributed by atoms with van der Waals surface area (Å²) in [5.41, 5.74) is 3.59. The number of rotatable bonds is 15. The van der Waals surface area contributed by atoms with Gasteiger partial charge >= 0.3 is 0 Å². The van der Waals surface area contributed by atoms with Gasteiger partial charge in [-0.05, 0) is 42.7 Å². The van der Waals surface area contributed by atoms with Crippen molar-refractivity contribution in [2.45, 2.75) is 78.0 Å². The van der Waals surface area contributed by atoms with Crippen LogP contribution in [0.4, 0.5) is 0 Å². The molecule has 2 aromatic carbocycles. The van der Waals surface area contributed by atoms with Gasteiger partial charge in [0.2, 0.25) is 5.91 Å². The van der Waals surface area contributed by atoms with Gasteiger partial charge < -0.3 is 10.4 Å².